The predicted octanol–water partition coefficient (Wildman–Crippen LogP) is 4.55. The summed E-state index contributed by atoms with van der Waals surface area (Å²) in [6.45, 7) is 2.57. The third kappa shape index (κ3) is 4.03. The van der Waals surface area contributed by atoms with Gasteiger partial charge in [-0.15, -0.1) is 0 Å². The first-order chi connectivity index (χ1) is 17.0. The summed E-state index contributed by atoms with van der Waals surface area (Å²) in [5.74, 6) is 0.967. The van der Waals surface area contributed by atoms with Crippen LogP contribution in [0.5, 0.6) is 23.0 Å². The molecule has 8 heteroatoms. The lowest BCUT2D eigenvalue weighted by molar-refractivity contribution is 0.0695. The molecule has 0 radical (unpaired) electrons. The van der Waals surface area contributed by atoms with Gasteiger partial charge in [0, 0.05) is 10.9 Å². The fourth-order valence-corrected chi connectivity index (χ4v) is 4.35. The molecule has 1 aliphatic rings. The minimum absolute atomic E-state index is 0.0853. The Morgan fingerprint density at radius 1 is 1.03 bits per heavy atom. The third-order valence-electron chi connectivity index (χ3n) is 5.90. The van der Waals surface area contributed by atoms with Crippen LogP contribution in [0.15, 0.2) is 65.5 Å². The minimum atomic E-state index is -1.31. The number of fused-ring (bicyclic) bond motifs is 2. The Morgan fingerprint density at radius 3 is 2.63 bits per heavy atom. The summed E-state index contributed by atoms with van der Waals surface area (Å²) in [6.07, 6.45) is 0. The van der Waals surface area contributed by atoms with Crippen LogP contribution < -0.4 is 24.5 Å². The van der Waals surface area contributed by atoms with E-state index in [9.17, 15) is 14.7 Å². The number of carboxylic acids is 1. The fraction of sp³-hybridized carbons (Fsp3) is 0.185. The maximum absolute atomic E-state index is 13.7. The third-order valence-corrected chi connectivity index (χ3v) is 5.90. The minimum Gasteiger partial charge on any atom is -0.497 e. The summed E-state index contributed by atoms with van der Waals surface area (Å²) < 4.78 is 23.4. The lowest BCUT2D eigenvalue weighted by Gasteiger charge is -2.18. The molecule has 0 aliphatic carbocycles. The zero-order chi connectivity index (χ0) is 24.5. The quantitative estimate of drug-likeness (QED) is 0.421. The van der Waals surface area contributed by atoms with Crippen molar-refractivity contribution in [1.29, 1.82) is 0 Å². The predicted molar refractivity (Wildman–Crippen MR) is 130 cm³/mol. The fourth-order valence-electron chi connectivity index (χ4n) is 4.35. The maximum atomic E-state index is 13.7. The van der Waals surface area contributed by atoms with E-state index in [0.29, 0.717) is 51.6 Å². The van der Waals surface area contributed by atoms with Crippen LogP contribution in [0, 0.1) is 0 Å². The Bertz CT molecular complexity index is 1510. The van der Waals surface area contributed by atoms with Gasteiger partial charge in [-0.25, -0.2) is 4.79 Å². The van der Waals surface area contributed by atoms with Crippen molar-refractivity contribution in [3.05, 3.63) is 82.1 Å². The number of aromatic nitrogens is 1. The van der Waals surface area contributed by atoms with Crippen LogP contribution in [0.1, 0.15) is 22.8 Å². The zero-order valence-electron chi connectivity index (χ0n) is 19.2. The number of carboxylic acid groups (broad SMARTS) is 1. The SMILES string of the molecule is CCOc1ccc2c(c1)c(-c1ccc3c(c1)OCO3)c(C(=O)O)c(=O)n2Cc1cccc(OC)c1. The highest BCUT2D eigenvalue weighted by molar-refractivity contribution is 6.07. The second-order valence-corrected chi connectivity index (χ2v) is 7.98. The Balaban J connectivity index is 1.81. The highest BCUT2D eigenvalue weighted by atomic mass is 16.7. The number of ether oxygens (including phenoxy) is 4. The van der Waals surface area contributed by atoms with Crippen molar-refractivity contribution in [2.24, 2.45) is 0 Å². The van der Waals surface area contributed by atoms with Gasteiger partial charge >= 0.3 is 5.97 Å². The van der Waals surface area contributed by atoms with Crippen molar-refractivity contribution in [2.45, 2.75) is 13.5 Å². The van der Waals surface area contributed by atoms with Gasteiger partial charge in [-0.1, -0.05) is 18.2 Å². The Kier molecular flexibility index (Phi) is 5.78. The van der Waals surface area contributed by atoms with Crippen LogP contribution in [0.4, 0.5) is 0 Å². The monoisotopic (exact) mass is 473 g/mol. The highest BCUT2D eigenvalue weighted by Gasteiger charge is 2.25. The van der Waals surface area contributed by atoms with Crippen molar-refractivity contribution in [1.82, 2.24) is 4.57 Å². The van der Waals surface area contributed by atoms with Crippen molar-refractivity contribution in [3.8, 4) is 34.1 Å². The van der Waals surface area contributed by atoms with Crippen LogP contribution in [-0.4, -0.2) is 36.2 Å². The molecule has 8 nitrogen and oxygen atoms in total. The van der Waals surface area contributed by atoms with Gasteiger partial charge in [-0.05, 0) is 60.5 Å². The molecule has 35 heavy (non-hydrogen) atoms. The summed E-state index contributed by atoms with van der Waals surface area (Å²) >= 11 is 0. The number of nitrogens with zero attached hydrogens (tertiary/aromatic N) is 1. The van der Waals surface area contributed by atoms with Gasteiger partial charge < -0.3 is 28.6 Å². The summed E-state index contributed by atoms with van der Waals surface area (Å²) in [5, 5.41) is 10.8. The van der Waals surface area contributed by atoms with E-state index < -0.39 is 11.5 Å². The lowest BCUT2D eigenvalue weighted by atomic mass is 9.95. The summed E-state index contributed by atoms with van der Waals surface area (Å²) in [4.78, 5) is 26.2. The number of carbonyl (C=O) groups is 1. The molecule has 0 saturated carbocycles. The van der Waals surface area contributed by atoms with E-state index in [2.05, 4.69) is 0 Å². The summed E-state index contributed by atoms with van der Waals surface area (Å²) in [7, 11) is 1.57. The van der Waals surface area contributed by atoms with Gasteiger partial charge in [0.25, 0.3) is 5.56 Å². The van der Waals surface area contributed by atoms with Gasteiger partial charge in [0.2, 0.25) is 6.79 Å². The maximum Gasteiger partial charge on any atom is 0.342 e. The molecule has 0 fully saturated rings. The molecule has 4 aromatic rings. The molecular formula is C27H23NO7. The molecule has 3 aromatic carbocycles. The van der Waals surface area contributed by atoms with Gasteiger partial charge in [-0.3, -0.25) is 4.79 Å². The van der Waals surface area contributed by atoms with Gasteiger partial charge in [0.05, 0.1) is 25.8 Å². The molecule has 0 bridgehead atoms. The smallest absolute Gasteiger partial charge is 0.342 e. The molecule has 178 valence electrons. The van der Waals surface area contributed by atoms with Gasteiger partial charge in [0.15, 0.2) is 11.5 Å². The van der Waals surface area contributed by atoms with E-state index in [1.165, 1.54) is 4.57 Å². The number of pyridine rings is 1. The summed E-state index contributed by atoms with van der Waals surface area (Å²) in [6, 6.07) is 17.8. The van der Waals surface area contributed by atoms with E-state index >= 15 is 0 Å². The van der Waals surface area contributed by atoms with Crippen molar-refractivity contribution >= 4 is 16.9 Å². The van der Waals surface area contributed by atoms with E-state index in [1.807, 2.05) is 31.2 Å². The standard InChI is InChI=1S/C27H23NO7/c1-3-33-19-8-9-21-20(13-19)24(17-7-10-22-23(12-17)35-15-34-22)25(27(30)31)26(29)28(21)14-16-5-4-6-18(11-16)32-2/h4-13H,3,14-15H2,1-2H3,(H,30,31). The van der Waals surface area contributed by atoms with Crippen molar-refractivity contribution in [2.75, 3.05) is 20.5 Å². The zero-order valence-corrected chi connectivity index (χ0v) is 19.2. The van der Waals surface area contributed by atoms with Crippen LogP contribution in [0.3, 0.4) is 0 Å². The second kappa shape index (κ2) is 9.06. The first kappa shape index (κ1) is 22.3. The molecule has 2 heterocycles. The number of hydrogen-bond acceptors (Lipinski definition) is 6. The van der Waals surface area contributed by atoms with Crippen LogP contribution in [-0.2, 0) is 6.54 Å². The molecule has 1 N–H and O–H groups in total. The van der Waals surface area contributed by atoms with Crippen LogP contribution in [0.2, 0.25) is 0 Å². The van der Waals surface area contributed by atoms with Crippen molar-refractivity contribution in [3.63, 3.8) is 0 Å². The van der Waals surface area contributed by atoms with Crippen molar-refractivity contribution < 1.29 is 28.8 Å². The number of hydrogen-bond donors (Lipinski definition) is 1. The van der Waals surface area contributed by atoms with E-state index in [0.717, 1.165) is 5.56 Å². The average molecular weight is 473 g/mol. The number of methoxy groups -OCH3 is 1. The first-order valence-electron chi connectivity index (χ1n) is 11.1. The molecule has 1 aliphatic heterocycles. The largest absolute Gasteiger partial charge is 0.497 e. The lowest BCUT2D eigenvalue weighted by Crippen LogP contribution is -2.28. The first-order valence-corrected chi connectivity index (χ1v) is 11.1. The summed E-state index contributed by atoms with van der Waals surface area (Å²) in [5.41, 5.74) is 1.29. The van der Waals surface area contributed by atoms with E-state index in [4.69, 9.17) is 18.9 Å². The van der Waals surface area contributed by atoms with E-state index in [1.54, 1.807) is 43.5 Å². The average Bonchev–Trinajstić information content (AvgIpc) is 3.33. The second-order valence-electron chi connectivity index (χ2n) is 7.98. The topological polar surface area (TPSA) is 96.2 Å². The van der Waals surface area contributed by atoms with Gasteiger partial charge in [-0.2, -0.15) is 0 Å². The van der Waals surface area contributed by atoms with E-state index in [-0.39, 0.29) is 18.9 Å². The number of rotatable bonds is 7. The molecule has 0 spiro atoms. The molecule has 5 rings (SSSR count). The number of benzene rings is 3. The molecule has 0 atom stereocenters. The number of aromatic carboxylic acids is 1. The van der Waals surface area contributed by atoms with Crippen LogP contribution in [0.25, 0.3) is 22.0 Å². The Labute approximate surface area is 200 Å². The van der Waals surface area contributed by atoms with Crippen LogP contribution >= 0.6 is 0 Å². The van der Waals surface area contributed by atoms with Gasteiger partial charge in [0.1, 0.15) is 17.1 Å². The molecule has 1 aromatic heterocycles. The molecule has 0 saturated heterocycles. The molecule has 0 unspecified atom stereocenters. The normalized spacial score (nSPS) is 12.1. The highest BCUT2D eigenvalue weighted by Crippen LogP contribution is 2.39. The molecule has 0 amide bonds. The molecular weight excluding hydrogens is 450 g/mol. The Hall–Kier alpha value is -4.46. The Morgan fingerprint density at radius 2 is 1.86 bits per heavy atom.